The highest BCUT2D eigenvalue weighted by Crippen LogP contribution is 2.58. The van der Waals surface area contributed by atoms with Crippen LogP contribution in [-0.2, 0) is 4.79 Å². The van der Waals surface area contributed by atoms with Gasteiger partial charge in [0.1, 0.15) is 11.3 Å². The largest absolute Gasteiger partial charge is 0.497 e. The first kappa shape index (κ1) is 16.4. The van der Waals surface area contributed by atoms with Crippen LogP contribution in [0.25, 0.3) is 0 Å². The van der Waals surface area contributed by atoms with E-state index < -0.39 is 11.1 Å². The maximum absolute atomic E-state index is 13.1. The van der Waals surface area contributed by atoms with Crippen LogP contribution >= 0.6 is 0 Å². The number of anilines is 1. The molecule has 4 aliphatic carbocycles. The highest BCUT2D eigenvalue weighted by molar-refractivity contribution is 5.98. The molecule has 2 atom stereocenters. The fraction of sp³-hybridized carbons (Fsp3) is 0.667. The van der Waals surface area contributed by atoms with Gasteiger partial charge in [0.25, 0.3) is 5.91 Å². The molecule has 1 heterocycles. The van der Waals surface area contributed by atoms with Gasteiger partial charge in [-0.05, 0) is 88.0 Å². The molecule has 5 aliphatic rings. The second kappa shape index (κ2) is 5.16. The summed E-state index contributed by atoms with van der Waals surface area (Å²) in [6, 6.07) is 8.19. The summed E-state index contributed by atoms with van der Waals surface area (Å²) >= 11 is 0. The molecule has 2 unspecified atom stereocenters. The zero-order chi connectivity index (χ0) is 18.3. The Labute approximate surface area is 154 Å². The topological polar surface area (TPSA) is 53.0 Å². The Balaban J connectivity index is 1.48. The van der Waals surface area contributed by atoms with E-state index >= 15 is 0 Å². The number of carbonyl (C=O) groups is 1. The molecule has 1 saturated heterocycles. The summed E-state index contributed by atoms with van der Waals surface area (Å²) in [5, 5.41) is 15.1. The molecule has 1 aromatic carbocycles. The molecule has 140 valence electrons. The van der Waals surface area contributed by atoms with E-state index in [0.29, 0.717) is 17.8 Å². The number of methoxy groups -OCH3 is 1. The molecule has 1 aliphatic heterocycles. The van der Waals surface area contributed by atoms with E-state index in [9.17, 15) is 9.90 Å². The molecule has 5 nitrogen and oxygen atoms in total. The second-order valence-electron chi connectivity index (χ2n) is 9.40. The van der Waals surface area contributed by atoms with Crippen molar-refractivity contribution >= 4 is 11.6 Å². The number of benzene rings is 1. The monoisotopic (exact) mass is 356 g/mol. The van der Waals surface area contributed by atoms with Gasteiger partial charge in [-0.3, -0.25) is 9.80 Å². The van der Waals surface area contributed by atoms with Gasteiger partial charge in [0, 0.05) is 0 Å². The molecule has 4 saturated carbocycles. The number of hydrazine groups is 1. The molecule has 4 bridgehead atoms. The smallest absolute Gasteiger partial charge is 0.268 e. The molecule has 1 amide bonds. The number of hydrogen-bond donors (Lipinski definition) is 1. The van der Waals surface area contributed by atoms with Crippen LogP contribution in [0.3, 0.4) is 0 Å². The normalized spacial score (nSPS) is 39.9. The minimum absolute atomic E-state index is 0.206. The minimum atomic E-state index is -0.528. The molecule has 6 rings (SSSR count). The van der Waals surface area contributed by atoms with Crippen LogP contribution in [0.1, 0.15) is 46.0 Å². The van der Waals surface area contributed by atoms with Gasteiger partial charge in [0.2, 0.25) is 0 Å². The highest BCUT2D eigenvalue weighted by Gasteiger charge is 2.63. The van der Waals surface area contributed by atoms with E-state index in [2.05, 4.69) is 5.01 Å². The summed E-state index contributed by atoms with van der Waals surface area (Å²) in [6.45, 7) is 4.00. The van der Waals surface area contributed by atoms with Crippen molar-refractivity contribution in [2.75, 3.05) is 12.1 Å². The zero-order valence-corrected chi connectivity index (χ0v) is 15.8. The first-order chi connectivity index (χ1) is 12.3. The van der Waals surface area contributed by atoms with Gasteiger partial charge in [-0.25, -0.2) is 5.01 Å². The van der Waals surface area contributed by atoms with Crippen LogP contribution in [0.15, 0.2) is 24.3 Å². The summed E-state index contributed by atoms with van der Waals surface area (Å²) < 4.78 is 5.28. The predicted molar refractivity (Wildman–Crippen MR) is 98.7 cm³/mol. The third-order valence-electron chi connectivity index (χ3n) is 7.27. The molecule has 0 aromatic heterocycles. The van der Waals surface area contributed by atoms with E-state index in [1.807, 2.05) is 43.1 Å². The molecule has 26 heavy (non-hydrogen) atoms. The highest BCUT2D eigenvalue weighted by atomic mass is 16.5. The average Bonchev–Trinajstić information content (AvgIpc) is 2.59. The van der Waals surface area contributed by atoms with Crippen molar-refractivity contribution in [2.24, 2.45) is 17.8 Å². The predicted octanol–water partition coefficient (Wildman–Crippen LogP) is 2.98. The lowest BCUT2D eigenvalue weighted by Gasteiger charge is -2.67. The van der Waals surface area contributed by atoms with Gasteiger partial charge in [-0.1, -0.05) is 0 Å². The SMILES string of the molecule is COc1ccc(N2N([C@H]3C4CC5CC3C[C@@](O)(C5)C4)C(=O)C2(C)C)cc1. The number of rotatable bonds is 3. The van der Waals surface area contributed by atoms with Crippen molar-refractivity contribution in [3.8, 4) is 5.75 Å². The Kier molecular flexibility index (Phi) is 3.26. The van der Waals surface area contributed by atoms with E-state index in [-0.39, 0.29) is 11.9 Å². The summed E-state index contributed by atoms with van der Waals surface area (Å²) in [4.78, 5) is 13.1. The van der Waals surface area contributed by atoms with Crippen LogP contribution in [0, 0.1) is 17.8 Å². The summed E-state index contributed by atoms with van der Waals surface area (Å²) in [6.07, 6.45) is 4.99. The Morgan fingerprint density at radius 2 is 1.69 bits per heavy atom. The zero-order valence-electron chi connectivity index (χ0n) is 15.8. The van der Waals surface area contributed by atoms with Crippen molar-refractivity contribution in [1.82, 2.24) is 5.01 Å². The quantitative estimate of drug-likeness (QED) is 0.905. The van der Waals surface area contributed by atoms with Gasteiger partial charge < -0.3 is 9.84 Å². The number of amides is 1. The molecule has 1 N–H and O–H groups in total. The number of hydrogen-bond acceptors (Lipinski definition) is 4. The van der Waals surface area contributed by atoms with Gasteiger partial charge in [-0.15, -0.1) is 0 Å². The van der Waals surface area contributed by atoms with Gasteiger partial charge in [0.15, 0.2) is 0 Å². The lowest BCUT2D eigenvalue weighted by molar-refractivity contribution is -0.190. The second-order valence-corrected chi connectivity index (χ2v) is 9.40. The van der Waals surface area contributed by atoms with Crippen LogP contribution in [0.4, 0.5) is 5.69 Å². The lowest BCUT2D eigenvalue weighted by Crippen LogP contribution is -2.80. The fourth-order valence-electron chi connectivity index (χ4n) is 6.48. The van der Waals surface area contributed by atoms with Crippen LogP contribution in [0.2, 0.25) is 0 Å². The number of aliphatic hydroxyl groups is 1. The third kappa shape index (κ3) is 2.10. The summed E-state index contributed by atoms with van der Waals surface area (Å²) in [5.74, 6) is 2.52. The number of carbonyl (C=O) groups excluding carboxylic acids is 1. The van der Waals surface area contributed by atoms with E-state index in [0.717, 1.165) is 43.5 Å². The molecular formula is C21H28N2O3. The summed E-state index contributed by atoms with van der Waals surface area (Å²) in [5.41, 5.74) is 0.0320. The van der Waals surface area contributed by atoms with Crippen LogP contribution in [0.5, 0.6) is 5.75 Å². The first-order valence-corrected chi connectivity index (χ1v) is 9.83. The number of nitrogens with zero attached hydrogens (tertiary/aromatic N) is 2. The maximum atomic E-state index is 13.1. The standard InChI is InChI=1S/C21H28N2O3/c1-20(2)19(24)22(23(20)16-4-6-17(26-3)7-5-16)18-14-8-13-9-15(18)12-21(25,10-13)11-14/h4-7,13-15,18,25H,8-12H2,1-3H3/t13?,14?,15?,18-,21+. The van der Waals surface area contributed by atoms with Crippen molar-refractivity contribution in [3.63, 3.8) is 0 Å². The third-order valence-corrected chi connectivity index (χ3v) is 7.27. The molecule has 0 spiro atoms. The minimum Gasteiger partial charge on any atom is -0.497 e. The van der Waals surface area contributed by atoms with Crippen molar-refractivity contribution < 1.29 is 14.6 Å². The summed E-state index contributed by atoms with van der Waals surface area (Å²) in [7, 11) is 1.66. The van der Waals surface area contributed by atoms with E-state index in [1.165, 1.54) is 0 Å². The molecule has 5 heteroatoms. The first-order valence-electron chi connectivity index (χ1n) is 9.83. The van der Waals surface area contributed by atoms with Crippen molar-refractivity contribution in [1.29, 1.82) is 0 Å². The Morgan fingerprint density at radius 1 is 1.08 bits per heavy atom. The van der Waals surface area contributed by atoms with Gasteiger partial charge in [-0.2, -0.15) is 0 Å². The van der Waals surface area contributed by atoms with Crippen molar-refractivity contribution in [3.05, 3.63) is 24.3 Å². The molecule has 5 fully saturated rings. The fourth-order valence-corrected chi connectivity index (χ4v) is 6.48. The molecular weight excluding hydrogens is 328 g/mol. The van der Waals surface area contributed by atoms with Crippen LogP contribution < -0.4 is 9.75 Å². The van der Waals surface area contributed by atoms with Crippen molar-refractivity contribution in [2.45, 2.75) is 63.1 Å². The average molecular weight is 356 g/mol. The Morgan fingerprint density at radius 3 is 2.23 bits per heavy atom. The Hall–Kier alpha value is -1.75. The van der Waals surface area contributed by atoms with E-state index in [1.54, 1.807) is 7.11 Å². The molecule has 1 aromatic rings. The Bertz CT molecular complexity index is 728. The van der Waals surface area contributed by atoms with Crippen LogP contribution in [-0.4, -0.2) is 40.3 Å². The maximum Gasteiger partial charge on any atom is 0.268 e. The van der Waals surface area contributed by atoms with E-state index in [4.69, 9.17) is 4.74 Å². The molecule has 0 radical (unpaired) electrons. The number of ether oxygens (including phenoxy) is 1. The van der Waals surface area contributed by atoms with Gasteiger partial charge >= 0.3 is 0 Å². The lowest BCUT2D eigenvalue weighted by atomic mass is 9.52. The van der Waals surface area contributed by atoms with Gasteiger partial charge in [0.05, 0.1) is 24.4 Å².